The highest BCUT2D eigenvalue weighted by Gasteiger charge is 2.29. The van der Waals surface area contributed by atoms with Crippen LogP contribution in [0.1, 0.15) is 52.9 Å². The van der Waals surface area contributed by atoms with E-state index in [1.54, 1.807) is 0 Å². The highest BCUT2D eigenvalue weighted by Crippen LogP contribution is 2.36. The van der Waals surface area contributed by atoms with Crippen molar-refractivity contribution in [2.24, 2.45) is 17.8 Å². The van der Waals surface area contributed by atoms with Crippen molar-refractivity contribution in [1.82, 2.24) is 5.32 Å². The molecule has 1 aliphatic carbocycles. The van der Waals surface area contributed by atoms with Gasteiger partial charge in [-0.25, -0.2) is 0 Å². The molecule has 0 heterocycles. The normalized spacial score (nSPS) is 29.8. The van der Waals surface area contributed by atoms with E-state index in [0.717, 1.165) is 24.4 Å². The lowest BCUT2D eigenvalue weighted by atomic mass is 9.73. The SMILES string of the molecule is CCCC1CCC(CNC(C)C)C(COC)C1. The van der Waals surface area contributed by atoms with Crippen LogP contribution in [0.5, 0.6) is 0 Å². The fourth-order valence-electron chi connectivity index (χ4n) is 3.17. The summed E-state index contributed by atoms with van der Waals surface area (Å²) < 4.78 is 5.42. The maximum absolute atomic E-state index is 5.42. The first-order valence-electron chi connectivity index (χ1n) is 7.39. The third-order valence-corrected chi connectivity index (χ3v) is 4.11. The van der Waals surface area contributed by atoms with E-state index >= 15 is 0 Å². The van der Waals surface area contributed by atoms with Crippen LogP contribution in [0, 0.1) is 17.8 Å². The highest BCUT2D eigenvalue weighted by atomic mass is 16.5. The zero-order chi connectivity index (χ0) is 12.7. The van der Waals surface area contributed by atoms with Gasteiger partial charge in [0.05, 0.1) is 0 Å². The minimum absolute atomic E-state index is 0.603. The van der Waals surface area contributed by atoms with E-state index in [9.17, 15) is 0 Å². The van der Waals surface area contributed by atoms with E-state index in [2.05, 4.69) is 26.1 Å². The van der Waals surface area contributed by atoms with Crippen LogP contribution in [0.4, 0.5) is 0 Å². The molecule has 0 amide bonds. The van der Waals surface area contributed by atoms with Crippen LogP contribution >= 0.6 is 0 Å². The van der Waals surface area contributed by atoms with Gasteiger partial charge < -0.3 is 10.1 Å². The molecule has 0 saturated heterocycles. The Morgan fingerprint density at radius 3 is 2.59 bits per heavy atom. The van der Waals surface area contributed by atoms with Crippen LogP contribution in [-0.4, -0.2) is 26.3 Å². The summed E-state index contributed by atoms with van der Waals surface area (Å²) in [5.41, 5.74) is 0. The Hall–Kier alpha value is -0.0800. The Kier molecular flexibility index (Phi) is 7.14. The van der Waals surface area contributed by atoms with Gasteiger partial charge in [-0.1, -0.05) is 40.0 Å². The fourth-order valence-corrected chi connectivity index (χ4v) is 3.17. The molecule has 0 aromatic carbocycles. The van der Waals surface area contributed by atoms with Crippen LogP contribution in [0.3, 0.4) is 0 Å². The van der Waals surface area contributed by atoms with Crippen molar-refractivity contribution in [1.29, 1.82) is 0 Å². The summed E-state index contributed by atoms with van der Waals surface area (Å²) in [4.78, 5) is 0. The highest BCUT2D eigenvalue weighted by molar-refractivity contribution is 4.81. The van der Waals surface area contributed by atoms with Gasteiger partial charge in [0.25, 0.3) is 0 Å². The molecular weight excluding hydrogens is 210 g/mol. The predicted molar refractivity (Wildman–Crippen MR) is 74.2 cm³/mol. The maximum atomic E-state index is 5.42. The smallest absolute Gasteiger partial charge is 0.0493 e. The quantitative estimate of drug-likeness (QED) is 0.737. The topological polar surface area (TPSA) is 21.3 Å². The van der Waals surface area contributed by atoms with Crippen molar-refractivity contribution in [3.63, 3.8) is 0 Å². The molecule has 0 bridgehead atoms. The molecule has 17 heavy (non-hydrogen) atoms. The second-order valence-electron chi connectivity index (χ2n) is 6.01. The van der Waals surface area contributed by atoms with Crippen molar-refractivity contribution in [3.8, 4) is 0 Å². The van der Waals surface area contributed by atoms with Crippen molar-refractivity contribution >= 4 is 0 Å². The van der Waals surface area contributed by atoms with Crippen molar-refractivity contribution in [3.05, 3.63) is 0 Å². The summed E-state index contributed by atoms with van der Waals surface area (Å²) >= 11 is 0. The number of methoxy groups -OCH3 is 1. The molecule has 1 fully saturated rings. The number of ether oxygens (including phenoxy) is 1. The monoisotopic (exact) mass is 241 g/mol. The molecule has 3 atom stereocenters. The Morgan fingerprint density at radius 2 is 2.00 bits per heavy atom. The lowest BCUT2D eigenvalue weighted by Gasteiger charge is -2.36. The third kappa shape index (κ3) is 5.39. The molecule has 2 heteroatoms. The number of hydrogen-bond acceptors (Lipinski definition) is 2. The summed E-state index contributed by atoms with van der Waals surface area (Å²) in [7, 11) is 1.84. The first-order valence-corrected chi connectivity index (χ1v) is 7.39. The van der Waals surface area contributed by atoms with E-state index in [-0.39, 0.29) is 0 Å². The van der Waals surface area contributed by atoms with Crippen LogP contribution in [0.15, 0.2) is 0 Å². The van der Waals surface area contributed by atoms with Gasteiger partial charge in [0.1, 0.15) is 0 Å². The van der Waals surface area contributed by atoms with E-state index in [4.69, 9.17) is 4.74 Å². The standard InChI is InChI=1S/C15H31NO/c1-5-6-13-7-8-14(10-16-12(2)3)15(9-13)11-17-4/h12-16H,5-11H2,1-4H3. The lowest BCUT2D eigenvalue weighted by molar-refractivity contribution is 0.0705. The largest absolute Gasteiger partial charge is 0.384 e. The minimum Gasteiger partial charge on any atom is -0.384 e. The summed E-state index contributed by atoms with van der Waals surface area (Å²) in [5, 5.41) is 3.59. The van der Waals surface area contributed by atoms with Crippen LogP contribution in [0.2, 0.25) is 0 Å². The van der Waals surface area contributed by atoms with Gasteiger partial charge in [-0.3, -0.25) is 0 Å². The second kappa shape index (κ2) is 8.10. The maximum Gasteiger partial charge on any atom is 0.0493 e. The Morgan fingerprint density at radius 1 is 1.24 bits per heavy atom. The second-order valence-corrected chi connectivity index (χ2v) is 6.01. The summed E-state index contributed by atoms with van der Waals surface area (Å²) in [6.45, 7) is 8.88. The van der Waals surface area contributed by atoms with Gasteiger partial charge in [-0.2, -0.15) is 0 Å². The molecular formula is C15H31NO. The lowest BCUT2D eigenvalue weighted by Crippen LogP contribution is -2.37. The molecule has 1 N–H and O–H groups in total. The molecule has 1 rings (SSSR count). The predicted octanol–water partition coefficient (Wildman–Crippen LogP) is 3.46. The molecule has 0 aromatic rings. The van der Waals surface area contributed by atoms with Crippen molar-refractivity contribution in [2.45, 2.75) is 58.9 Å². The number of hydrogen-bond donors (Lipinski definition) is 1. The molecule has 2 nitrogen and oxygen atoms in total. The Bertz CT molecular complexity index is 193. The van der Waals surface area contributed by atoms with Gasteiger partial charge in [0.2, 0.25) is 0 Å². The average Bonchev–Trinajstić information content (AvgIpc) is 2.28. The number of nitrogens with one attached hydrogen (secondary N) is 1. The van der Waals surface area contributed by atoms with Crippen LogP contribution in [-0.2, 0) is 4.74 Å². The van der Waals surface area contributed by atoms with Gasteiger partial charge >= 0.3 is 0 Å². The minimum atomic E-state index is 0.603. The molecule has 0 spiro atoms. The molecule has 3 unspecified atom stereocenters. The van der Waals surface area contributed by atoms with Gasteiger partial charge in [-0.15, -0.1) is 0 Å². The van der Waals surface area contributed by atoms with Crippen LogP contribution in [0.25, 0.3) is 0 Å². The van der Waals surface area contributed by atoms with E-state index < -0.39 is 0 Å². The van der Waals surface area contributed by atoms with E-state index in [1.807, 2.05) is 7.11 Å². The van der Waals surface area contributed by atoms with Crippen molar-refractivity contribution < 1.29 is 4.74 Å². The zero-order valence-corrected chi connectivity index (χ0v) is 12.2. The first-order chi connectivity index (χ1) is 8.17. The van der Waals surface area contributed by atoms with Gasteiger partial charge in [-0.05, 0) is 37.1 Å². The Balaban J connectivity index is 2.41. The molecule has 102 valence electrons. The molecule has 1 aliphatic rings. The van der Waals surface area contributed by atoms with E-state index in [1.165, 1.54) is 38.6 Å². The average molecular weight is 241 g/mol. The Labute approximate surface area is 108 Å². The fraction of sp³-hybridized carbons (Fsp3) is 1.00. The molecule has 1 saturated carbocycles. The zero-order valence-electron chi connectivity index (χ0n) is 12.2. The number of rotatable bonds is 7. The first kappa shape index (κ1) is 15.0. The third-order valence-electron chi connectivity index (χ3n) is 4.11. The summed E-state index contributed by atoms with van der Waals surface area (Å²) in [6, 6.07) is 0.603. The van der Waals surface area contributed by atoms with Crippen LogP contribution < -0.4 is 5.32 Å². The molecule has 0 radical (unpaired) electrons. The van der Waals surface area contributed by atoms with Crippen molar-refractivity contribution in [2.75, 3.05) is 20.3 Å². The summed E-state index contributed by atoms with van der Waals surface area (Å²) in [5.74, 6) is 2.55. The molecule has 0 aromatic heterocycles. The van der Waals surface area contributed by atoms with Gasteiger partial charge in [0.15, 0.2) is 0 Å². The van der Waals surface area contributed by atoms with E-state index in [0.29, 0.717) is 6.04 Å². The van der Waals surface area contributed by atoms with Gasteiger partial charge in [0, 0.05) is 19.8 Å². The molecule has 0 aliphatic heterocycles. The summed E-state index contributed by atoms with van der Waals surface area (Å²) in [6.07, 6.45) is 6.94.